The fourth-order valence-corrected chi connectivity index (χ4v) is 1.68. The van der Waals surface area contributed by atoms with Crippen LogP contribution in [0.5, 0.6) is 5.75 Å². The standard InChI is InChI=1S/C12H8O4/c13-6-10-7-2-1-3-9(12(15)16)8(7)4-5-11(10)14/h1-6,14H,(H,15,16). The van der Waals surface area contributed by atoms with Gasteiger partial charge in [-0.25, -0.2) is 4.79 Å². The molecule has 2 aromatic carbocycles. The smallest absolute Gasteiger partial charge is 0.336 e. The molecule has 0 aliphatic carbocycles. The van der Waals surface area contributed by atoms with E-state index in [1.54, 1.807) is 6.07 Å². The summed E-state index contributed by atoms with van der Waals surface area (Å²) in [6.07, 6.45) is 0.517. The van der Waals surface area contributed by atoms with Crippen LogP contribution in [0.1, 0.15) is 20.7 Å². The summed E-state index contributed by atoms with van der Waals surface area (Å²) in [6, 6.07) is 7.40. The van der Waals surface area contributed by atoms with Crippen LogP contribution in [0.4, 0.5) is 0 Å². The number of carbonyl (C=O) groups excluding carboxylic acids is 1. The molecule has 0 heterocycles. The lowest BCUT2D eigenvalue weighted by Gasteiger charge is -2.05. The summed E-state index contributed by atoms with van der Waals surface area (Å²) in [4.78, 5) is 21.8. The van der Waals surface area contributed by atoms with Gasteiger partial charge in [0.2, 0.25) is 0 Å². The van der Waals surface area contributed by atoms with Crippen molar-refractivity contribution in [1.29, 1.82) is 0 Å². The first-order valence-electron chi connectivity index (χ1n) is 4.58. The molecule has 0 saturated carbocycles. The summed E-state index contributed by atoms with van der Waals surface area (Å²) in [7, 11) is 0. The number of carbonyl (C=O) groups is 2. The maximum atomic E-state index is 10.9. The first-order valence-corrected chi connectivity index (χ1v) is 4.58. The highest BCUT2D eigenvalue weighted by Gasteiger charge is 2.12. The average Bonchev–Trinajstić information content (AvgIpc) is 2.27. The molecule has 4 heteroatoms. The molecule has 0 atom stereocenters. The van der Waals surface area contributed by atoms with Gasteiger partial charge in [0, 0.05) is 0 Å². The van der Waals surface area contributed by atoms with Crippen molar-refractivity contribution >= 4 is 23.0 Å². The largest absolute Gasteiger partial charge is 0.507 e. The van der Waals surface area contributed by atoms with Gasteiger partial charge in [0.05, 0.1) is 11.1 Å². The molecule has 0 bridgehead atoms. The van der Waals surface area contributed by atoms with E-state index < -0.39 is 5.97 Å². The Morgan fingerprint density at radius 2 is 1.88 bits per heavy atom. The zero-order valence-corrected chi connectivity index (χ0v) is 8.18. The second-order valence-electron chi connectivity index (χ2n) is 3.32. The minimum Gasteiger partial charge on any atom is -0.507 e. The Morgan fingerprint density at radius 1 is 1.12 bits per heavy atom. The van der Waals surface area contributed by atoms with E-state index in [4.69, 9.17) is 5.11 Å². The second-order valence-corrected chi connectivity index (χ2v) is 3.32. The van der Waals surface area contributed by atoms with Crippen LogP contribution in [0.2, 0.25) is 0 Å². The molecular formula is C12H8O4. The lowest BCUT2D eigenvalue weighted by Crippen LogP contribution is -1.98. The van der Waals surface area contributed by atoms with Crippen LogP contribution in [-0.4, -0.2) is 22.5 Å². The van der Waals surface area contributed by atoms with Gasteiger partial charge in [-0.3, -0.25) is 4.79 Å². The van der Waals surface area contributed by atoms with Gasteiger partial charge in [0.1, 0.15) is 5.75 Å². The molecule has 0 aromatic heterocycles. The highest BCUT2D eigenvalue weighted by Crippen LogP contribution is 2.27. The molecule has 0 aliphatic heterocycles. The number of benzene rings is 2. The Hall–Kier alpha value is -2.36. The first kappa shape index (κ1) is 10.2. The molecule has 2 aromatic rings. The van der Waals surface area contributed by atoms with E-state index in [9.17, 15) is 14.7 Å². The highest BCUT2D eigenvalue weighted by molar-refractivity contribution is 6.09. The van der Waals surface area contributed by atoms with Crippen LogP contribution in [0, 0.1) is 0 Å². The van der Waals surface area contributed by atoms with Crippen LogP contribution in [0.15, 0.2) is 30.3 Å². The molecule has 80 valence electrons. The Bertz CT molecular complexity index is 587. The Balaban J connectivity index is 2.92. The first-order chi connectivity index (χ1) is 7.65. The number of hydrogen-bond acceptors (Lipinski definition) is 3. The van der Waals surface area contributed by atoms with E-state index in [1.165, 1.54) is 24.3 Å². The number of aldehydes is 1. The SMILES string of the molecule is O=Cc1c(O)ccc2c(C(=O)O)cccc12. The molecule has 0 saturated heterocycles. The van der Waals surface area contributed by atoms with Gasteiger partial charge >= 0.3 is 5.97 Å². The Labute approximate surface area is 90.8 Å². The van der Waals surface area contributed by atoms with E-state index in [2.05, 4.69) is 0 Å². The van der Waals surface area contributed by atoms with Crippen molar-refractivity contribution in [3.63, 3.8) is 0 Å². The number of carboxylic acids is 1. The third-order valence-electron chi connectivity index (χ3n) is 2.43. The van der Waals surface area contributed by atoms with Crippen LogP contribution in [-0.2, 0) is 0 Å². The predicted molar refractivity (Wildman–Crippen MR) is 58.0 cm³/mol. The number of aromatic carboxylic acids is 1. The predicted octanol–water partition coefficient (Wildman–Crippen LogP) is 2.06. The van der Waals surface area contributed by atoms with Gasteiger partial charge in [0.15, 0.2) is 6.29 Å². The molecule has 0 unspecified atom stereocenters. The van der Waals surface area contributed by atoms with Gasteiger partial charge in [-0.15, -0.1) is 0 Å². The lowest BCUT2D eigenvalue weighted by molar-refractivity contribution is 0.0699. The molecule has 0 amide bonds. The number of aromatic hydroxyl groups is 1. The minimum absolute atomic E-state index is 0.112. The maximum absolute atomic E-state index is 10.9. The van der Waals surface area contributed by atoms with Crippen molar-refractivity contribution < 1.29 is 19.8 Å². The summed E-state index contributed by atoms with van der Waals surface area (Å²) in [6.45, 7) is 0. The summed E-state index contributed by atoms with van der Waals surface area (Å²) in [5.74, 6) is -1.21. The maximum Gasteiger partial charge on any atom is 0.336 e. The molecule has 0 radical (unpaired) electrons. The summed E-state index contributed by atoms with van der Waals surface area (Å²) in [5, 5.41) is 19.3. The molecule has 0 spiro atoms. The topological polar surface area (TPSA) is 74.6 Å². The summed E-state index contributed by atoms with van der Waals surface area (Å²) in [5.41, 5.74) is 0.223. The van der Waals surface area contributed by atoms with E-state index in [0.29, 0.717) is 17.1 Å². The van der Waals surface area contributed by atoms with Gasteiger partial charge < -0.3 is 10.2 Å². The normalized spacial score (nSPS) is 10.2. The summed E-state index contributed by atoms with van der Waals surface area (Å²) < 4.78 is 0. The van der Waals surface area contributed by atoms with Crippen molar-refractivity contribution in [2.24, 2.45) is 0 Å². The third kappa shape index (κ3) is 1.40. The van der Waals surface area contributed by atoms with Gasteiger partial charge in [-0.2, -0.15) is 0 Å². The number of phenols is 1. The molecule has 2 N–H and O–H groups in total. The Morgan fingerprint density at radius 3 is 2.50 bits per heavy atom. The van der Waals surface area contributed by atoms with Crippen molar-refractivity contribution in [2.45, 2.75) is 0 Å². The Kier molecular flexibility index (Phi) is 2.32. The number of fused-ring (bicyclic) bond motifs is 1. The number of phenolic OH excluding ortho intramolecular Hbond substituents is 1. The van der Waals surface area contributed by atoms with Gasteiger partial charge in [0.25, 0.3) is 0 Å². The fourth-order valence-electron chi connectivity index (χ4n) is 1.68. The molecule has 4 nitrogen and oxygen atoms in total. The third-order valence-corrected chi connectivity index (χ3v) is 2.43. The monoisotopic (exact) mass is 216 g/mol. The average molecular weight is 216 g/mol. The van der Waals surface area contributed by atoms with E-state index in [-0.39, 0.29) is 16.9 Å². The number of carboxylic acid groups (broad SMARTS) is 1. The van der Waals surface area contributed by atoms with Gasteiger partial charge in [-0.1, -0.05) is 12.1 Å². The minimum atomic E-state index is -1.06. The lowest BCUT2D eigenvalue weighted by atomic mass is 10.00. The molecule has 2 rings (SSSR count). The van der Waals surface area contributed by atoms with Crippen molar-refractivity contribution in [3.05, 3.63) is 41.5 Å². The molecule has 16 heavy (non-hydrogen) atoms. The van der Waals surface area contributed by atoms with Gasteiger partial charge in [-0.05, 0) is 29.0 Å². The molecule has 0 aliphatic rings. The van der Waals surface area contributed by atoms with Crippen molar-refractivity contribution in [1.82, 2.24) is 0 Å². The quantitative estimate of drug-likeness (QED) is 0.753. The number of rotatable bonds is 2. The summed E-state index contributed by atoms with van der Waals surface area (Å²) >= 11 is 0. The van der Waals surface area contributed by atoms with Crippen molar-refractivity contribution in [2.75, 3.05) is 0 Å². The van der Waals surface area contributed by atoms with Crippen LogP contribution in [0.25, 0.3) is 10.8 Å². The second kappa shape index (κ2) is 3.66. The van der Waals surface area contributed by atoms with Crippen molar-refractivity contribution in [3.8, 4) is 5.75 Å². The highest BCUT2D eigenvalue weighted by atomic mass is 16.4. The van der Waals surface area contributed by atoms with Crippen LogP contribution >= 0.6 is 0 Å². The van der Waals surface area contributed by atoms with Crippen LogP contribution in [0.3, 0.4) is 0 Å². The molecule has 0 fully saturated rings. The zero-order chi connectivity index (χ0) is 11.7. The fraction of sp³-hybridized carbons (Fsp3) is 0. The van der Waals surface area contributed by atoms with E-state index in [0.717, 1.165) is 0 Å². The number of hydrogen-bond donors (Lipinski definition) is 2. The zero-order valence-electron chi connectivity index (χ0n) is 8.18. The molecular weight excluding hydrogens is 208 g/mol. The van der Waals surface area contributed by atoms with E-state index in [1.807, 2.05) is 0 Å². The van der Waals surface area contributed by atoms with E-state index >= 15 is 0 Å². The van der Waals surface area contributed by atoms with Crippen LogP contribution < -0.4 is 0 Å².